The number of aliphatic carboxylic acids is 1. The van der Waals surface area contributed by atoms with Gasteiger partial charge < -0.3 is 9.84 Å². The van der Waals surface area contributed by atoms with Crippen molar-refractivity contribution in [2.75, 3.05) is 20.2 Å². The van der Waals surface area contributed by atoms with Crippen molar-refractivity contribution in [1.29, 1.82) is 0 Å². The van der Waals surface area contributed by atoms with Crippen LogP contribution in [0.1, 0.15) is 24.5 Å². The highest BCUT2D eigenvalue weighted by atomic mass is 32.2. The van der Waals surface area contributed by atoms with E-state index >= 15 is 0 Å². The molecule has 122 valence electrons. The minimum Gasteiger partial charge on any atom is -0.496 e. The van der Waals surface area contributed by atoms with Crippen molar-refractivity contribution in [2.24, 2.45) is 5.41 Å². The standard InChI is InChI=1S/C15H21NO5S/c1-10-8-13(11(2)7-12(10)21-4)22(19,20)16-6-5-15(3,9-16)14(17)18/h7-8H,5-6,9H2,1-4H3,(H,17,18). The summed E-state index contributed by atoms with van der Waals surface area (Å²) in [5.74, 6) is -0.332. The smallest absolute Gasteiger partial charge is 0.310 e. The SMILES string of the molecule is COc1cc(C)c(S(=O)(=O)N2CCC(C)(C(=O)O)C2)cc1C. The maximum Gasteiger partial charge on any atom is 0.310 e. The van der Waals surface area contributed by atoms with E-state index in [-0.39, 0.29) is 18.0 Å². The van der Waals surface area contributed by atoms with E-state index in [4.69, 9.17) is 4.74 Å². The highest BCUT2D eigenvalue weighted by molar-refractivity contribution is 7.89. The van der Waals surface area contributed by atoms with Crippen molar-refractivity contribution in [1.82, 2.24) is 4.31 Å². The Hall–Kier alpha value is -1.60. The Bertz CT molecular complexity index is 713. The van der Waals surface area contributed by atoms with Gasteiger partial charge in [-0.2, -0.15) is 4.31 Å². The van der Waals surface area contributed by atoms with Gasteiger partial charge in [0.15, 0.2) is 0 Å². The molecule has 0 bridgehead atoms. The average Bonchev–Trinajstić information content (AvgIpc) is 2.85. The molecule has 22 heavy (non-hydrogen) atoms. The van der Waals surface area contributed by atoms with Gasteiger partial charge in [-0.25, -0.2) is 8.42 Å². The fourth-order valence-corrected chi connectivity index (χ4v) is 4.55. The van der Waals surface area contributed by atoms with Crippen LogP contribution in [0.5, 0.6) is 5.75 Å². The number of rotatable bonds is 4. The average molecular weight is 327 g/mol. The molecule has 1 aliphatic heterocycles. The first-order chi connectivity index (χ1) is 10.1. The first-order valence-corrected chi connectivity index (χ1v) is 8.44. The van der Waals surface area contributed by atoms with Crippen molar-refractivity contribution < 1.29 is 23.1 Å². The van der Waals surface area contributed by atoms with E-state index in [1.807, 2.05) is 0 Å². The largest absolute Gasteiger partial charge is 0.496 e. The van der Waals surface area contributed by atoms with Crippen molar-refractivity contribution in [3.05, 3.63) is 23.3 Å². The van der Waals surface area contributed by atoms with Crippen LogP contribution < -0.4 is 4.74 Å². The van der Waals surface area contributed by atoms with E-state index in [2.05, 4.69) is 0 Å². The van der Waals surface area contributed by atoms with Gasteiger partial charge in [0.25, 0.3) is 0 Å². The molecule has 1 heterocycles. The number of carboxylic acids is 1. The molecular weight excluding hydrogens is 306 g/mol. The van der Waals surface area contributed by atoms with Crippen LogP contribution in [-0.2, 0) is 14.8 Å². The topological polar surface area (TPSA) is 83.9 Å². The Morgan fingerprint density at radius 1 is 1.32 bits per heavy atom. The molecule has 1 aromatic rings. The second kappa shape index (κ2) is 5.55. The summed E-state index contributed by atoms with van der Waals surface area (Å²) >= 11 is 0. The third-order valence-electron chi connectivity index (χ3n) is 4.26. The third kappa shape index (κ3) is 2.70. The zero-order valence-electron chi connectivity index (χ0n) is 13.2. The predicted octanol–water partition coefficient (Wildman–Crippen LogP) is 1.80. The molecule has 0 spiro atoms. The second-order valence-electron chi connectivity index (χ2n) is 6.04. The highest BCUT2D eigenvalue weighted by Gasteiger charge is 2.45. The van der Waals surface area contributed by atoms with Gasteiger partial charge in [-0.1, -0.05) is 0 Å². The molecular formula is C15H21NO5S. The van der Waals surface area contributed by atoms with E-state index in [9.17, 15) is 18.3 Å². The molecule has 1 N–H and O–H groups in total. The molecule has 0 saturated carbocycles. The Morgan fingerprint density at radius 3 is 2.45 bits per heavy atom. The Balaban J connectivity index is 2.41. The lowest BCUT2D eigenvalue weighted by atomic mass is 9.90. The van der Waals surface area contributed by atoms with Crippen LogP contribution in [0.2, 0.25) is 0 Å². The molecule has 6 nitrogen and oxygen atoms in total. The molecule has 0 aromatic heterocycles. The third-order valence-corrected chi connectivity index (χ3v) is 6.25. The molecule has 0 aliphatic carbocycles. The lowest BCUT2D eigenvalue weighted by Crippen LogP contribution is -2.35. The van der Waals surface area contributed by atoms with Crippen molar-refractivity contribution in [3.63, 3.8) is 0 Å². The number of methoxy groups -OCH3 is 1. The van der Waals surface area contributed by atoms with Gasteiger partial charge >= 0.3 is 5.97 Å². The number of carboxylic acid groups (broad SMARTS) is 1. The second-order valence-corrected chi connectivity index (χ2v) is 7.95. The Kier molecular flexibility index (Phi) is 4.23. The quantitative estimate of drug-likeness (QED) is 0.911. The van der Waals surface area contributed by atoms with Gasteiger partial charge in [-0.05, 0) is 50.5 Å². The fourth-order valence-electron chi connectivity index (χ4n) is 2.70. The summed E-state index contributed by atoms with van der Waals surface area (Å²) in [7, 11) is -2.17. The molecule has 2 rings (SSSR count). The van der Waals surface area contributed by atoms with Gasteiger partial charge in [-0.3, -0.25) is 4.79 Å². The van der Waals surface area contributed by atoms with Crippen molar-refractivity contribution >= 4 is 16.0 Å². The monoisotopic (exact) mass is 327 g/mol. The van der Waals surface area contributed by atoms with E-state index in [0.29, 0.717) is 17.7 Å². The molecule has 1 aliphatic rings. The summed E-state index contributed by atoms with van der Waals surface area (Å²) in [5.41, 5.74) is 0.293. The minimum absolute atomic E-state index is 0.00478. The highest BCUT2D eigenvalue weighted by Crippen LogP contribution is 2.35. The molecule has 1 unspecified atom stereocenters. The number of nitrogens with zero attached hydrogens (tertiary/aromatic N) is 1. The van der Waals surface area contributed by atoms with E-state index < -0.39 is 21.4 Å². The Morgan fingerprint density at radius 2 is 1.95 bits per heavy atom. The number of sulfonamides is 1. The van der Waals surface area contributed by atoms with Gasteiger partial charge in [-0.15, -0.1) is 0 Å². The zero-order valence-corrected chi connectivity index (χ0v) is 14.0. The first kappa shape index (κ1) is 16.8. The molecule has 1 fully saturated rings. The first-order valence-electron chi connectivity index (χ1n) is 7.00. The number of hydrogen-bond acceptors (Lipinski definition) is 4. The lowest BCUT2D eigenvalue weighted by molar-refractivity contribution is -0.146. The summed E-state index contributed by atoms with van der Waals surface area (Å²) in [6.45, 7) is 5.28. The van der Waals surface area contributed by atoms with E-state index in [1.54, 1.807) is 32.9 Å². The summed E-state index contributed by atoms with van der Waals surface area (Å²) in [5, 5.41) is 9.26. The van der Waals surface area contributed by atoms with Crippen LogP contribution in [0, 0.1) is 19.3 Å². The van der Waals surface area contributed by atoms with Crippen LogP contribution in [0.3, 0.4) is 0 Å². The number of hydrogen-bond donors (Lipinski definition) is 1. The van der Waals surface area contributed by atoms with Gasteiger partial charge in [0.2, 0.25) is 10.0 Å². The summed E-state index contributed by atoms with van der Waals surface area (Å²) in [6.07, 6.45) is 0.315. The van der Waals surface area contributed by atoms with Crippen LogP contribution in [-0.4, -0.2) is 44.0 Å². The van der Waals surface area contributed by atoms with Crippen LogP contribution >= 0.6 is 0 Å². The molecule has 1 atom stereocenters. The minimum atomic E-state index is -3.71. The number of carbonyl (C=O) groups is 1. The number of benzene rings is 1. The summed E-state index contributed by atoms with van der Waals surface area (Å²) in [4.78, 5) is 11.5. The zero-order chi connectivity index (χ0) is 16.7. The summed E-state index contributed by atoms with van der Waals surface area (Å²) < 4.78 is 32.1. The number of aryl methyl sites for hydroxylation is 2. The lowest BCUT2D eigenvalue weighted by Gasteiger charge is -2.21. The molecule has 1 aromatic carbocycles. The number of ether oxygens (including phenoxy) is 1. The van der Waals surface area contributed by atoms with Gasteiger partial charge in [0.1, 0.15) is 5.75 Å². The Labute approximate surface area is 130 Å². The maximum atomic E-state index is 12.8. The predicted molar refractivity (Wildman–Crippen MR) is 81.6 cm³/mol. The van der Waals surface area contributed by atoms with Gasteiger partial charge in [0, 0.05) is 13.1 Å². The van der Waals surface area contributed by atoms with E-state index in [1.165, 1.54) is 11.4 Å². The molecule has 0 amide bonds. The maximum absolute atomic E-state index is 12.8. The van der Waals surface area contributed by atoms with Crippen molar-refractivity contribution in [3.8, 4) is 5.75 Å². The molecule has 0 radical (unpaired) electrons. The van der Waals surface area contributed by atoms with Crippen LogP contribution in [0.25, 0.3) is 0 Å². The molecule has 1 saturated heterocycles. The van der Waals surface area contributed by atoms with E-state index in [0.717, 1.165) is 5.56 Å². The fraction of sp³-hybridized carbons (Fsp3) is 0.533. The van der Waals surface area contributed by atoms with Crippen LogP contribution in [0.15, 0.2) is 17.0 Å². The van der Waals surface area contributed by atoms with Gasteiger partial charge in [0.05, 0.1) is 17.4 Å². The van der Waals surface area contributed by atoms with Crippen LogP contribution in [0.4, 0.5) is 0 Å². The summed E-state index contributed by atoms with van der Waals surface area (Å²) in [6, 6.07) is 3.27. The normalized spacial score (nSPS) is 22.7. The molecule has 7 heteroatoms. The van der Waals surface area contributed by atoms with Crippen molar-refractivity contribution in [2.45, 2.75) is 32.1 Å².